The summed E-state index contributed by atoms with van der Waals surface area (Å²) >= 11 is 7.33. The fourth-order valence-electron chi connectivity index (χ4n) is 1.18. The molecule has 0 amide bonds. The lowest BCUT2D eigenvalue weighted by Gasteiger charge is -1.90. The molecule has 0 aliphatic carbocycles. The maximum Gasteiger partial charge on any atom is 0.108 e. The van der Waals surface area contributed by atoms with Crippen LogP contribution in [0, 0.1) is 0 Å². The van der Waals surface area contributed by atoms with Crippen LogP contribution in [-0.4, -0.2) is 21.7 Å². The molecule has 0 saturated carbocycles. The molecular formula is C9H9ClN2OS. The van der Waals surface area contributed by atoms with Gasteiger partial charge in [0.05, 0.1) is 27.7 Å². The number of aromatic nitrogens is 2. The third-order valence-corrected chi connectivity index (χ3v) is 3.08. The van der Waals surface area contributed by atoms with Crippen molar-refractivity contribution in [2.45, 2.75) is 6.42 Å². The summed E-state index contributed by atoms with van der Waals surface area (Å²) in [5.41, 5.74) is 0.949. The van der Waals surface area contributed by atoms with Gasteiger partial charge in [0.1, 0.15) is 5.82 Å². The molecule has 2 rings (SSSR count). The fraction of sp³-hybridized carbons (Fsp3) is 0.222. The normalized spacial score (nSPS) is 10.7. The van der Waals surface area contributed by atoms with Crippen LogP contribution in [0.2, 0.25) is 4.34 Å². The standard InChI is InChI=1S/C9H9ClN2OS/c10-8-2-1-7(14-8)6-5-11-9(12-6)3-4-13/h1-2,5,13H,3-4H2,(H,11,12). The molecule has 0 bridgehead atoms. The molecule has 2 N–H and O–H groups in total. The zero-order valence-electron chi connectivity index (χ0n) is 7.33. The van der Waals surface area contributed by atoms with Crippen LogP contribution >= 0.6 is 22.9 Å². The van der Waals surface area contributed by atoms with Crippen LogP contribution in [0.1, 0.15) is 5.82 Å². The number of aliphatic hydroxyl groups is 1. The van der Waals surface area contributed by atoms with Gasteiger partial charge in [-0.2, -0.15) is 0 Å². The van der Waals surface area contributed by atoms with Crippen molar-refractivity contribution in [3.8, 4) is 10.6 Å². The van der Waals surface area contributed by atoms with Gasteiger partial charge in [-0.05, 0) is 12.1 Å². The Morgan fingerprint density at radius 2 is 2.36 bits per heavy atom. The Bertz CT molecular complexity index is 424. The highest BCUT2D eigenvalue weighted by atomic mass is 35.5. The first-order chi connectivity index (χ1) is 6.79. The summed E-state index contributed by atoms with van der Waals surface area (Å²) in [5.74, 6) is 0.798. The molecule has 74 valence electrons. The molecule has 0 unspecified atom stereocenters. The van der Waals surface area contributed by atoms with Crippen LogP contribution in [0.3, 0.4) is 0 Å². The second-order valence-corrected chi connectivity index (χ2v) is 4.54. The number of imidazole rings is 1. The number of aromatic amines is 1. The number of nitrogens with one attached hydrogen (secondary N) is 1. The monoisotopic (exact) mass is 228 g/mol. The third-order valence-electron chi connectivity index (χ3n) is 1.82. The molecule has 2 aromatic heterocycles. The van der Waals surface area contributed by atoms with E-state index >= 15 is 0 Å². The second-order valence-electron chi connectivity index (χ2n) is 2.82. The summed E-state index contributed by atoms with van der Waals surface area (Å²) in [7, 11) is 0. The SMILES string of the molecule is OCCc1ncc(-c2ccc(Cl)s2)[nH]1. The van der Waals surface area contributed by atoms with Crippen molar-refractivity contribution in [1.29, 1.82) is 0 Å². The fourth-order valence-corrected chi connectivity index (χ4v) is 2.19. The summed E-state index contributed by atoms with van der Waals surface area (Å²) in [6.07, 6.45) is 2.31. The minimum atomic E-state index is 0.109. The topological polar surface area (TPSA) is 48.9 Å². The number of rotatable bonds is 3. The molecule has 0 spiro atoms. The Morgan fingerprint density at radius 1 is 1.50 bits per heavy atom. The molecule has 0 saturated heterocycles. The first kappa shape index (κ1) is 9.71. The molecular weight excluding hydrogens is 220 g/mol. The maximum absolute atomic E-state index is 8.73. The van der Waals surface area contributed by atoms with E-state index in [2.05, 4.69) is 9.97 Å². The third kappa shape index (κ3) is 1.97. The van der Waals surface area contributed by atoms with Crippen molar-refractivity contribution in [2.75, 3.05) is 6.61 Å². The van der Waals surface area contributed by atoms with Crippen molar-refractivity contribution in [3.63, 3.8) is 0 Å². The molecule has 0 fully saturated rings. The summed E-state index contributed by atoms with van der Waals surface area (Å²) < 4.78 is 0.762. The minimum Gasteiger partial charge on any atom is -0.396 e. The van der Waals surface area contributed by atoms with Gasteiger partial charge in [0.2, 0.25) is 0 Å². The molecule has 5 heteroatoms. The van der Waals surface area contributed by atoms with Gasteiger partial charge in [-0.25, -0.2) is 4.98 Å². The number of hydrogen-bond donors (Lipinski definition) is 2. The lowest BCUT2D eigenvalue weighted by molar-refractivity contribution is 0.297. The number of hydrogen-bond acceptors (Lipinski definition) is 3. The number of aliphatic hydroxyl groups excluding tert-OH is 1. The van der Waals surface area contributed by atoms with E-state index in [0.29, 0.717) is 6.42 Å². The zero-order valence-corrected chi connectivity index (χ0v) is 8.90. The van der Waals surface area contributed by atoms with E-state index in [4.69, 9.17) is 16.7 Å². The van der Waals surface area contributed by atoms with Crippen LogP contribution in [0.15, 0.2) is 18.3 Å². The first-order valence-corrected chi connectivity index (χ1v) is 5.39. The van der Waals surface area contributed by atoms with E-state index in [-0.39, 0.29) is 6.61 Å². The van der Waals surface area contributed by atoms with E-state index in [0.717, 1.165) is 20.7 Å². The summed E-state index contributed by atoms with van der Waals surface area (Å²) in [6.45, 7) is 0.109. The van der Waals surface area contributed by atoms with E-state index < -0.39 is 0 Å². The number of halogens is 1. The summed E-state index contributed by atoms with van der Waals surface area (Å²) in [6, 6.07) is 3.80. The molecule has 2 heterocycles. The van der Waals surface area contributed by atoms with Crippen LogP contribution in [0.4, 0.5) is 0 Å². The van der Waals surface area contributed by atoms with Gasteiger partial charge in [-0.15, -0.1) is 11.3 Å². The average molecular weight is 229 g/mol. The van der Waals surface area contributed by atoms with Gasteiger partial charge < -0.3 is 10.1 Å². The van der Waals surface area contributed by atoms with Crippen LogP contribution in [0.5, 0.6) is 0 Å². The number of H-pyrrole nitrogens is 1. The van der Waals surface area contributed by atoms with Crippen molar-refractivity contribution in [3.05, 3.63) is 28.5 Å². The highest BCUT2D eigenvalue weighted by Crippen LogP contribution is 2.29. The average Bonchev–Trinajstić information content (AvgIpc) is 2.74. The lowest BCUT2D eigenvalue weighted by atomic mass is 10.4. The molecule has 0 aliphatic rings. The van der Waals surface area contributed by atoms with Gasteiger partial charge in [-0.3, -0.25) is 0 Å². The van der Waals surface area contributed by atoms with E-state index in [1.807, 2.05) is 12.1 Å². The van der Waals surface area contributed by atoms with Gasteiger partial charge in [0.25, 0.3) is 0 Å². The summed E-state index contributed by atoms with van der Waals surface area (Å²) in [5, 5.41) is 8.73. The van der Waals surface area contributed by atoms with Gasteiger partial charge in [0.15, 0.2) is 0 Å². The highest BCUT2D eigenvalue weighted by Gasteiger charge is 2.05. The van der Waals surface area contributed by atoms with Gasteiger partial charge >= 0.3 is 0 Å². The van der Waals surface area contributed by atoms with Crippen LogP contribution < -0.4 is 0 Å². The molecule has 0 aliphatic heterocycles. The maximum atomic E-state index is 8.73. The number of nitrogens with zero attached hydrogens (tertiary/aromatic N) is 1. The van der Waals surface area contributed by atoms with Gasteiger partial charge in [0, 0.05) is 6.42 Å². The Labute approximate surface area is 90.4 Å². The molecule has 3 nitrogen and oxygen atoms in total. The zero-order chi connectivity index (χ0) is 9.97. The Hall–Kier alpha value is -0.840. The molecule has 0 aromatic carbocycles. The van der Waals surface area contributed by atoms with Crippen molar-refractivity contribution in [1.82, 2.24) is 9.97 Å². The smallest absolute Gasteiger partial charge is 0.108 e. The second kappa shape index (κ2) is 4.13. The van der Waals surface area contributed by atoms with Crippen molar-refractivity contribution < 1.29 is 5.11 Å². The van der Waals surface area contributed by atoms with Crippen molar-refractivity contribution in [2.24, 2.45) is 0 Å². The number of thiophene rings is 1. The Balaban J connectivity index is 2.24. The molecule has 14 heavy (non-hydrogen) atoms. The largest absolute Gasteiger partial charge is 0.396 e. The summed E-state index contributed by atoms with van der Waals surface area (Å²) in [4.78, 5) is 8.33. The lowest BCUT2D eigenvalue weighted by Crippen LogP contribution is -1.92. The van der Waals surface area contributed by atoms with Gasteiger partial charge in [-0.1, -0.05) is 11.6 Å². The Kier molecular flexibility index (Phi) is 2.86. The van der Waals surface area contributed by atoms with E-state index in [1.165, 1.54) is 11.3 Å². The van der Waals surface area contributed by atoms with E-state index in [1.54, 1.807) is 6.20 Å². The molecule has 2 aromatic rings. The molecule has 0 radical (unpaired) electrons. The molecule has 0 atom stereocenters. The predicted octanol–water partition coefficient (Wildman–Crippen LogP) is 2.33. The highest BCUT2D eigenvalue weighted by molar-refractivity contribution is 7.19. The van der Waals surface area contributed by atoms with Crippen molar-refractivity contribution >= 4 is 22.9 Å². The van der Waals surface area contributed by atoms with E-state index in [9.17, 15) is 0 Å². The first-order valence-electron chi connectivity index (χ1n) is 4.20. The predicted molar refractivity (Wildman–Crippen MR) is 57.7 cm³/mol. The van der Waals surface area contributed by atoms with Crippen LogP contribution in [0.25, 0.3) is 10.6 Å². The quantitative estimate of drug-likeness (QED) is 0.847. The minimum absolute atomic E-state index is 0.109. The van der Waals surface area contributed by atoms with Crippen LogP contribution in [-0.2, 0) is 6.42 Å². The Morgan fingerprint density at radius 3 is 3.00 bits per heavy atom.